The van der Waals surface area contributed by atoms with E-state index in [-0.39, 0.29) is 5.82 Å². The number of ether oxygens (including phenoxy) is 1. The SMILES string of the molecule is Fc1ccccc1[C@H]1Oc2ccccc2C2=C1[C@@H](c1ccc(Cl)cc1Cl)n1ncnc1N2. The van der Waals surface area contributed by atoms with Gasteiger partial charge in [-0.25, -0.2) is 9.07 Å². The minimum Gasteiger partial charge on any atom is -0.480 e. The number of hydrogen-bond acceptors (Lipinski definition) is 4. The third kappa shape index (κ3) is 2.91. The summed E-state index contributed by atoms with van der Waals surface area (Å²) in [6.07, 6.45) is 0.769. The summed E-state index contributed by atoms with van der Waals surface area (Å²) >= 11 is 12.8. The first kappa shape index (κ1) is 19.3. The quantitative estimate of drug-likeness (QED) is 0.379. The highest BCUT2D eigenvalue weighted by atomic mass is 35.5. The Morgan fingerprint density at radius 3 is 2.62 bits per heavy atom. The van der Waals surface area contributed by atoms with Crippen LogP contribution in [0.25, 0.3) is 5.70 Å². The molecule has 3 heterocycles. The molecule has 8 heteroatoms. The lowest BCUT2D eigenvalue weighted by molar-refractivity contribution is 0.218. The van der Waals surface area contributed by atoms with E-state index in [0.717, 1.165) is 22.4 Å². The topological polar surface area (TPSA) is 52.0 Å². The van der Waals surface area contributed by atoms with E-state index in [9.17, 15) is 0 Å². The Kier molecular flexibility index (Phi) is 4.45. The molecule has 0 aliphatic carbocycles. The molecular formula is C24H15Cl2FN4O. The first-order valence-corrected chi connectivity index (χ1v) is 10.7. The summed E-state index contributed by atoms with van der Waals surface area (Å²) in [6.45, 7) is 0. The normalized spacial score (nSPS) is 18.8. The average molecular weight is 465 g/mol. The summed E-state index contributed by atoms with van der Waals surface area (Å²) in [4.78, 5) is 4.38. The first-order chi connectivity index (χ1) is 15.6. The third-order valence-electron chi connectivity index (χ3n) is 5.77. The van der Waals surface area contributed by atoms with Crippen LogP contribution in [0.5, 0.6) is 5.75 Å². The Bertz CT molecular complexity index is 1400. The predicted molar refractivity (Wildman–Crippen MR) is 121 cm³/mol. The molecular weight excluding hydrogens is 450 g/mol. The monoisotopic (exact) mass is 464 g/mol. The third-order valence-corrected chi connectivity index (χ3v) is 6.33. The molecule has 0 fully saturated rings. The molecule has 4 aromatic rings. The van der Waals surface area contributed by atoms with Crippen molar-refractivity contribution in [2.45, 2.75) is 12.1 Å². The molecule has 2 aliphatic heterocycles. The van der Waals surface area contributed by atoms with E-state index in [1.807, 2.05) is 30.3 Å². The van der Waals surface area contributed by atoms with Crippen molar-refractivity contribution < 1.29 is 9.13 Å². The van der Waals surface area contributed by atoms with Crippen LogP contribution in [0.1, 0.15) is 28.8 Å². The fourth-order valence-electron chi connectivity index (χ4n) is 4.39. The number of aromatic nitrogens is 3. The van der Waals surface area contributed by atoms with E-state index in [1.54, 1.807) is 35.0 Å². The van der Waals surface area contributed by atoms with Crippen molar-refractivity contribution in [3.63, 3.8) is 0 Å². The van der Waals surface area contributed by atoms with Crippen LogP contribution in [0.4, 0.5) is 10.3 Å². The van der Waals surface area contributed by atoms with Gasteiger partial charge in [-0.1, -0.05) is 59.6 Å². The van der Waals surface area contributed by atoms with E-state index >= 15 is 4.39 Å². The van der Waals surface area contributed by atoms with Crippen LogP contribution in [0, 0.1) is 5.82 Å². The van der Waals surface area contributed by atoms with E-state index in [2.05, 4.69) is 15.4 Å². The van der Waals surface area contributed by atoms with Crippen LogP contribution < -0.4 is 10.1 Å². The molecule has 2 atom stereocenters. The van der Waals surface area contributed by atoms with Gasteiger partial charge in [0.15, 0.2) is 6.10 Å². The fraction of sp³-hybridized carbons (Fsp3) is 0.0833. The number of benzene rings is 3. The molecule has 0 radical (unpaired) electrons. The highest BCUT2D eigenvalue weighted by Gasteiger charge is 2.42. The standard InChI is InChI=1S/C24H15Cl2FN4O/c25-13-9-10-14(17(26)11-13)22-20-21(30-24-28-12-29-31(22)24)16-6-2-4-8-19(16)32-23(20)15-5-1-3-7-18(15)27/h1-12,22-23H,(H,28,29,30)/t22-,23-/m1/s1. The smallest absolute Gasteiger partial charge is 0.226 e. The Morgan fingerprint density at radius 2 is 1.78 bits per heavy atom. The summed E-state index contributed by atoms with van der Waals surface area (Å²) < 4.78 is 23.1. The number of halogens is 3. The molecule has 6 rings (SSSR count). The Morgan fingerprint density at radius 1 is 0.969 bits per heavy atom. The zero-order chi connectivity index (χ0) is 21.8. The van der Waals surface area contributed by atoms with Gasteiger partial charge in [0.05, 0.1) is 5.70 Å². The molecule has 0 unspecified atom stereocenters. The van der Waals surface area contributed by atoms with E-state index < -0.39 is 12.1 Å². The molecule has 158 valence electrons. The van der Waals surface area contributed by atoms with Crippen LogP contribution in [-0.4, -0.2) is 14.8 Å². The van der Waals surface area contributed by atoms with E-state index in [0.29, 0.717) is 27.3 Å². The molecule has 0 spiro atoms. The minimum absolute atomic E-state index is 0.353. The van der Waals surface area contributed by atoms with Gasteiger partial charge in [0.2, 0.25) is 5.95 Å². The summed E-state index contributed by atoms with van der Waals surface area (Å²) in [6, 6.07) is 19.1. The van der Waals surface area contributed by atoms with Gasteiger partial charge < -0.3 is 10.1 Å². The Labute approximate surface area is 193 Å². The number of hydrogen-bond donors (Lipinski definition) is 1. The molecule has 0 saturated carbocycles. The molecule has 5 nitrogen and oxygen atoms in total. The number of nitrogens with one attached hydrogen (secondary N) is 1. The molecule has 2 aliphatic rings. The predicted octanol–water partition coefficient (Wildman–Crippen LogP) is 6.28. The summed E-state index contributed by atoms with van der Waals surface area (Å²) in [5.74, 6) is 0.860. The zero-order valence-corrected chi connectivity index (χ0v) is 18.0. The Balaban J connectivity index is 1.66. The highest BCUT2D eigenvalue weighted by Crippen LogP contribution is 2.51. The van der Waals surface area contributed by atoms with E-state index in [4.69, 9.17) is 27.9 Å². The first-order valence-electron chi connectivity index (χ1n) is 9.98. The lowest BCUT2D eigenvalue weighted by atomic mass is 9.84. The number of rotatable bonds is 2. The van der Waals surface area contributed by atoms with E-state index in [1.165, 1.54) is 12.4 Å². The van der Waals surface area contributed by atoms with Crippen molar-refractivity contribution in [1.29, 1.82) is 0 Å². The number of nitrogens with zero attached hydrogens (tertiary/aromatic N) is 3. The van der Waals surface area contributed by atoms with Gasteiger partial charge >= 0.3 is 0 Å². The average Bonchev–Trinajstić information content (AvgIpc) is 3.26. The van der Waals surface area contributed by atoms with Crippen molar-refractivity contribution in [3.8, 4) is 5.75 Å². The fourth-order valence-corrected chi connectivity index (χ4v) is 4.90. The lowest BCUT2D eigenvalue weighted by Crippen LogP contribution is -2.32. The van der Waals surface area contributed by atoms with Gasteiger partial charge in [-0.2, -0.15) is 10.1 Å². The molecule has 1 aromatic heterocycles. The van der Waals surface area contributed by atoms with Gasteiger partial charge in [0, 0.05) is 26.7 Å². The van der Waals surface area contributed by atoms with Crippen molar-refractivity contribution in [2.75, 3.05) is 5.32 Å². The van der Waals surface area contributed by atoms with Crippen LogP contribution in [0.15, 0.2) is 78.6 Å². The maximum atomic E-state index is 15.0. The van der Waals surface area contributed by atoms with Crippen LogP contribution in [0.3, 0.4) is 0 Å². The maximum Gasteiger partial charge on any atom is 0.226 e. The van der Waals surface area contributed by atoms with Crippen molar-refractivity contribution in [2.24, 2.45) is 0 Å². The lowest BCUT2D eigenvalue weighted by Gasteiger charge is -2.39. The van der Waals surface area contributed by atoms with Crippen LogP contribution in [-0.2, 0) is 0 Å². The largest absolute Gasteiger partial charge is 0.480 e. The number of para-hydroxylation sites is 1. The van der Waals surface area contributed by atoms with Crippen molar-refractivity contribution in [3.05, 3.63) is 111 Å². The van der Waals surface area contributed by atoms with Gasteiger partial charge in [0.25, 0.3) is 0 Å². The maximum absolute atomic E-state index is 15.0. The molecule has 0 saturated heterocycles. The second kappa shape index (κ2) is 7.36. The number of fused-ring (bicyclic) bond motifs is 3. The van der Waals surface area contributed by atoms with Gasteiger partial charge in [-0.15, -0.1) is 0 Å². The molecule has 1 N–H and O–H groups in total. The Hall–Kier alpha value is -3.35. The van der Waals surface area contributed by atoms with Gasteiger partial charge in [0.1, 0.15) is 23.9 Å². The summed E-state index contributed by atoms with van der Waals surface area (Å²) in [5.41, 5.74) is 3.64. The van der Waals surface area contributed by atoms with Crippen molar-refractivity contribution >= 4 is 34.8 Å². The summed E-state index contributed by atoms with van der Waals surface area (Å²) in [7, 11) is 0. The highest BCUT2D eigenvalue weighted by molar-refractivity contribution is 6.35. The zero-order valence-electron chi connectivity index (χ0n) is 16.5. The second-order valence-electron chi connectivity index (χ2n) is 7.57. The molecule has 0 bridgehead atoms. The van der Waals surface area contributed by atoms with Gasteiger partial charge in [-0.05, 0) is 35.9 Å². The minimum atomic E-state index is -0.706. The van der Waals surface area contributed by atoms with Crippen LogP contribution in [0.2, 0.25) is 10.0 Å². The molecule has 3 aromatic carbocycles. The van der Waals surface area contributed by atoms with Crippen molar-refractivity contribution in [1.82, 2.24) is 14.8 Å². The second-order valence-corrected chi connectivity index (χ2v) is 8.41. The van der Waals surface area contributed by atoms with Crippen LogP contribution >= 0.6 is 23.2 Å². The van der Waals surface area contributed by atoms with Gasteiger partial charge in [-0.3, -0.25) is 0 Å². The number of anilines is 1. The molecule has 0 amide bonds. The summed E-state index contributed by atoms with van der Waals surface area (Å²) in [5, 5.41) is 8.83. The molecule has 32 heavy (non-hydrogen) atoms.